The second kappa shape index (κ2) is 12.4. The van der Waals surface area contributed by atoms with Crippen molar-refractivity contribution >= 4 is 23.7 Å². The average Bonchev–Trinajstić information content (AvgIpc) is 2.95. The lowest BCUT2D eigenvalue weighted by Gasteiger charge is -2.29. The SMILES string of the molecule is COc1cc(OCC(=O)N/N=C/c2ccc(Cl)cc2)cc2c1CCC(c1cc(OC)c(OC)c(OC)c1)O2. The predicted molar refractivity (Wildman–Crippen MR) is 143 cm³/mol. The molecule has 1 amide bonds. The number of hydrazone groups is 1. The van der Waals surface area contributed by atoms with E-state index in [2.05, 4.69) is 10.5 Å². The van der Waals surface area contributed by atoms with Crippen LogP contribution in [0.25, 0.3) is 0 Å². The number of halogens is 1. The number of hydrogen-bond acceptors (Lipinski definition) is 8. The fraction of sp³-hybridized carbons (Fsp3) is 0.286. The first kappa shape index (κ1) is 26.9. The Morgan fingerprint density at radius 1 is 1.00 bits per heavy atom. The van der Waals surface area contributed by atoms with Crippen LogP contribution in [0.4, 0.5) is 0 Å². The topological polar surface area (TPSA) is 96.8 Å². The molecule has 200 valence electrons. The van der Waals surface area contributed by atoms with Gasteiger partial charge in [0.15, 0.2) is 18.1 Å². The molecule has 3 aromatic carbocycles. The van der Waals surface area contributed by atoms with Crippen molar-refractivity contribution in [3.8, 4) is 34.5 Å². The van der Waals surface area contributed by atoms with Gasteiger partial charge in [0.25, 0.3) is 5.91 Å². The van der Waals surface area contributed by atoms with Crippen LogP contribution in [0.1, 0.15) is 29.2 Å². The van der Waals surface area contributed by atoms with E-state index in [1.54, 1.807) is 64.8 Å². The number of carbonyl (C=O) groups excluding carboxylic acids is 1. The Morgan fingerprint density at radius 2 is 1.68 bits per heavy atom. The molecule has 0 aliphatic carbocycles. The molecule has 0 radical (unpaired) electrons. The molecule has 3 aromatic rings. The molecule has 1 N–H and O–H groups in total. The van der Waals surface area contributed by atoms with E-state index in [-0.39, 0.29) is 12.7 Å². The van der Waals surface area contributed by atoms with Crippen LogP contribution >= 0.6 is 11.6 Å². The zero-order valence-corrected chi connectivity index (χ0v) is 22.3. The highest BCUT2D eigenvalue weighted by Crippen LogP contribution is 2.45. The summed E-state index contributed by atoms with van der Waals surface area (Å²) in [4.78, 5) is 12.2. The molecule has 0 bridgehead atoms. The Bertz CT molecular complexity index is 1290. The molecule has 0 aromatic heterocycles. The molecular weight excluding hydrogens is 512 g/mol. The molecule has 0 spiro atoms. The Labute approximate surface area is 226 Å². The Morgan fingerprint density at radius 3 is 2.32 bits per heavy atom. The summed E-state index contributed by atoms with van der Waals surface area (Å²) in [6.45, 7) is -0.240. The number of methoxy groups -OCH3 is 4. The molecule has 10 heteroatoms. The third kappa shape index (κ3) is 6.23. The molecule has 0 fully saturated rings. The number of fused-ring (bicyclic) bond motifs is 1. The number of benzene rings is 3. The summed E-state index contributed by atoms with van der Waals surface area (Å²) in [5, 5.41) is 4.57. The normalized spacial score (nSPS) is 14.3. The van der Waals surface area contributed by atoms with Gasteiger partial charge < -0.3 is 28.4 Å². The lowest BCUT2D eigenvalue weighted by atomic mass is 9.96. The van der Waals surface area contributed by atoms with Crippen LogP contribution in [0.5, 0.6) is 34.5 Å². The van der Waals surface area contributed by atoms with Crippen molar-refractivity contribution in [3.63, 3.8) is 0 Å². The van der Waals surface area contributed by atoms with Gasteiger partial charge in [-0.25, -0.2) is 5.43 Å². The van der Waals surface area contributed by atoms with Crippen LogP contribution in [-0.4, -0.2) is 47.2 Å². The second-order valence-corrected chi connectivity index (χ2v) is 8.78. The number of amides is 1. The molecule has 9 nitrogen and oxygen atoms in total. The van der Waals surface area contributed by atoms with Crippen LogP contribution in [-0.2, 0) is 11.2 Å². The van der Waals surface area contributed by atoms with Gasteiger partial charge in [-0.1, -0.05) is 23.7 Å². The molecule has 0 saturated carbocycles. The van der Waals surface area contributed by atoms with Crippen LogP contribution in [0.2, 0.25) is 5.02 Å². The third-order valence-corrected chi connectivity index (χ3v) is 6.24. The lowest BCUT2D eigenvalue weighted by molar-refractivity contribution is -0.123. The minimum Gasteiger partial charge on any atom is -0.496 e. The molecule has 1 aliphatic heterocycles. The summed E-state index contributed by atoms with van der Waals surface area (Å²) in [7, 11) is 6.30. The smallest absolute Gasteiger partial charge is 0.277 e. The van der Waals surface area contributed by atoms with Crippen molar-refractivity contribution < 1.29 is 33.2 Å². The number of nitrogens with one attached hydrogen (secondary N) is 1. The van der Waals surface area contributed by atoms with Gasteiger partial charge in [0, 0.05) is 22.7 Å². The van der Waals surface area contributed by atoms with Gasteiger partial charge in [0.1, 0.15) is 23.4 Å². The second-order valence-electron chi connectivity index (χ2n) is 8.34. The first-order valence-electron chi connectivity index (χ1n) is 11.8. The van der Waals surface area contributed by atoms with Crippen molar-refractivity contribution in [1.82, 2.24) is 5.43 Å². The lowest BCUT2D eigenvalue weighted by Crippen LogP contribution is -2.24. The van der Waals surface area contributed by atoms with Gasteiger partial charge in [-0.3, -0.25) is 4.79 Å². The maximum absolute atomic E-state index is 12.2. The highest BCUT2D eigenvalue weighted by Gasteiger charge is 2.27. The molecule has 1 atom stereocenters. The van der Waals surface area contributed by atoms with Crippen LogP contribution < -0.4 is 33.8 Å². The minimum absolute atomic E-state index is 0.240. The quantitative estimate of drug-likeness (QED) is 0.286. The first-order valence-corrected chi connectivity index (χ1v) is 12.2. The zero-order chi connectivity index (χ0) is 27.1. The van der Waals surface area contributed by atoms with Crippen molar-refractivity contribution in [3.05, 3.63) is 70.2 Å². The summed E-state index contributed by atoms with van der Waals surface area (Å²) >= 11 is 5.87. The van der Waals surface area contributed by atoms with E-state index in [9.17, 15) is 4.79 Å². The molecule has 1 aliphatic rings. The minimum atomic E-state index is -0.414. The van der Waals surface area contributed by atoms with E-state index in [0.29, 0.717) is 39.5 Å². The van der Waals surface area contributed by atoms with Gasteiger partial charge >= 0.3 is 0 Å². The maximum Gasteiger partial charge on any atom is 0.277 e. The summed E-state index contributed by atoms with van der Waals surface area (Å²) < 4.78 is 34.1. The van der Waals surface area contributed by atoms with E-state index >= 15 is 0 Å². The largest absolute Gasteiger partial charge is 0.496 e. The number of hydrogen-bond donors (Lipinski definition) is 1. The summed E-state index contributed by atoms with van der Waals surface area (Å²) in [6, 6.07) is 14.3. The monoisotopic (exact) mass is 540 g/mol. The van der Waals surface area contributed by atoms with Crippen molar-refractivity contribution in [2.45, 2.75) is 18.9 Å². The van der Waals surface area contributed by atoms with Crippen LogP contribution in [0, 0.1) is 0 Å². The van der Waals surface area contributed by atoms with E-state index in [4.69, 9.17) is 40.0 Å². The number of rotatable bonds is 10. The van der Waals surface area contributed by atoms with Crippen molar-refractivity contribution in [2.24, 2.45) is 5.10 Å². The number of ether oxygens (including phenoxy) is 6. The summed E-state index contributed by atoms with van der Waals surface area (Å²) in [5.74, 6) is 2.88. The molecule has 1 unspecified atom stereocenters. The highest BCUT2D eigenvalue weighted by atomic mass is 35.5. The first-order chi connectivity index (χ1) is 18.4. The molecular formula is C28H29ClN2O7. The predicted octanol–water partition coefficient (Wildman–Crippen LogP) is 4.97. The molecule has 38 heavy (non-hydrogen) atoms. The van der Waals surface area contributed by atoms with Crippen LogP contribution in [0.3, 0.4) is 0 Å². The maximum atomic E-state index is 12.2. The van der Waals surface area contributed by atoms with Crippen molar-refractivity contribution in [1.29, 1.82) is 0 Å². The Balaban J connectivity index is 1.45. The molecule has 4 rings (SSSR count). The molecule has 0 saturated heterocycles. The number of nitrogens with zero attached hydrogens (tertiary/aromatic N) is 1. The summed E-state index contributed by atoms with van der Waals surface area (Å²) in [5.41, 5.74) is 5.06. The van der Waals surface area contributed by atoms with Gasteiger partial charge in [-0.15, -0.1) is 0 Å². The Kier molecular flexibility index (Phi) is 8.81. The zero-order valence-electron chi connectivity index (χ0n) is 21.6. The van der Waals surface area contributed by atoms with Gasteiger partial charge in [-0.2, -0.15) is 5.10 Å². The van der Waals surface area contributed by atoms with E-state index < -0.39 is 5.91 Å². The Hall–Kier alpha value is -4.11. The van der Waals surface area contributed by atoms with E-state index in [1.807, 2.05) is 12.1 Å². The van der Waals surface area contributed by atoms with Gasteiger partial charge in [0.2, 0.25) is 5.75 Å². The highest BCUT2D eigenvalue weighted by molar-refractivity contribution is 6.30. The van der Waals surface area contributed by atoms with Gasteiger partial charge in [0.05, 0.1) is 34.7 Å². The van der Waals surface area contributed by atoms with E-state index in [0.717, 1.165) is 29.5 Å². The third-order valence-electron chi connectivity index (χ3n) is 5.99. The van der Waals surface area contributed by atoms with Crippen molar-refractivity contribution in [2.75, 3.05) is 35.0 Å². The van der Waals surface area contributed by atoms with Gasteiger partial charge in [-0.05, 0) is 48.2 Å². The van der Waals surface area contributed by atoms with E-state index in [1.165, 1.54) is 6.21 Å². The fourth-order valence-electron chi connectivity index (χ4n) is 4.13. The summed E-state index contributed by atoms with van der Waals surface area (Å²) in [6.07, 6.45) is 2.70. The average molecular weight is 541 g/mol. The number of carbonyl (C=O) groups is 1. The van der Waals surface area contributed by atoms with Crippen LogP contribution in [0.15, 0.2) is 53.6 Å². The standard InChI is InChI=1S/C28H29ClN2O7/c1-33-23-13-20(37-16-27(32)31-30-15-17-5-7-19(29)8-6-17)14-24-21(23)9-10-22(38-24)18-11-25(34-2)28(36-4)26(12-18)35-3/h5-8,11-15,22H,9-10,16H2,1-4H3,(H,31,32)/b30-15+. The fourth-order valence-corrected chi connectivity index (χ4v) is 4.26. The molecule has 1 heterocycles.